The molecule has 0 aliphatic rings. The summed E-state index contributed by atoms with van der Waals surface area (Å²) in [5.74, 6) is -0.544. The Morgan fingerprint density at radius 3 is 2.28 bits per heavy atom. The van der Waals surface area contributed by atoms with Gasteiger partial charge in [0.05, 0.1) is 13.2 Å². The largest absolute Gasteiger partial charge is 0.468 e. The summed E-state index contributed by atoms with van der Waals surface area (Å²) in [7, 11) is 4.77. The highest BCUT2D eigenvalue weighted by molar-refractivity contribution is 5.80. The van der Waals surface area contributed by atoms with Crippen molar-refractivity contribution in [3.8, 4) is 0 Å². The van der Waals surface area contributed by atoms with Crippen molar-refractivity contribution < 1.29 is 14.3 Å². The number of likely N-dealkylation sites (N-methyl/N-ethyl adjacent to an activating group) is 2. The van der Waals surface area contributed by atoms with E-state index in [1.807, 2.05) is 6.92 Å². The van der Waals surface area contributed by atoms with Crippen LogP contribution >= 0.6 is 0 Å². The maximum absolute atomic E-state index is 11.7. The first kappa shape index (κ1) is 16.9. The van der Waals surface area contributed by atoms with Gasteiger partial charge in [0.1, 0.15) is 5.54 Å². The van der Waals surface area contributed by atoms with Crippen LogP contribution in [0.25, 0.3) is 0 Å². The quantitative estimate of drug-likeness (QED) is 0.517. The number of primary amides is 1. The van der Waals surface area contributed by atoms with E-state index in [1.54, 1.807) is 21.0 Å². The van der Waals surface area contributed by atoms with Gasteiger partial charge in [-0.05, 0) is 39.8 Å². The number of esters is 1. The molecular weight excluding hydrogens is 234 g/mol. The molecule has 1 amide bonds. The van der Waals surface area contributed by atoms with Crippen LogP contribution in [0.2, 0.25) is 0 Å². The van der Waals surface area contributed by atoms with E-state index in [1.165, 1.54) is 7.11 Å². The normalized spacial score (nSPS) is 17.6. The lowest BCUT2D eigenvalue weighted by Gasteiger charge is -2.30. The highest BCUT2D eigenvalue weighted by Crippen LogP contribution is 2.21. The lowest BCUT2D eigenvalue weighted by atomic mass is 9.86. The van der Waals surface area contributed by atoms with Crippen LogP contribution in [0.1, 0.15) is 26.7 Å². The van der Waals surface area contributed by atoms with Crippen molar-refractivity contribution in [2.24, 2.45) is 11.7 Å². The number of carbonyl (C=O) groups is 2. The van der Waals surface area contributed by atoms with Gasteiger partial charge in [0.2, 0.25) is 5.91 Å². The van der Waals surface area contributed by atoms with Crippen molar-refractivity contribution >= 4 is 11.9 Å². The molecule has 6 nitrogen and oxygen atoms in total. The number of rotatable bonds is 8. The van der Waals surface area contributed by atoms with Crippen LogP contribution in [0.5, 0.6) is 0 Å². The van der Waals surface area contributed by atoms with Gasteiger partial charge in [0.25, 0.3) is 0 Å². The van der Waals surface area contributed by atoms with Gasteiger partial charge in [0, 0.05) is 0 Å². The molecule has 6 heteroatoms. The van der Waals surface area contributed by atoms with Gasteiger partial charge in [-0.15, -0.1) is 0 Å². The van der Waals surface area contributed by atoms with E-state index in [9.17, 15) is 9.59 Å². The average molecular weight is 259 g/mol. The molecule has 3 unspecified atom stereocenters. The Hall–Kier alpha value is -1.14. The Balaban J connectivity index is 4.57. The van der Waals surface area contributed by atoms with Gasteiger partial charge >= 0.3 is 5.97 Å². The van der Waals surface area contributed by atoms with Gasteiger partial charge < -0.3 is 21.1 Å². The maximum Gasteiger partial charge on any atom is 0.325 e. The molecule has 0 radical (unpaired) electrons. The van der Waals surface area contributed by atoms with Crippen molar-refractivity contribution in [3.05, 3.63) is 0 Å². The SMILES string of the molecule is CNC(CC(C)CC(C)(NC)C(=O)OC)C(N)=O. The van der Waals surface area contributed by atoms with E-state index >= 15 is 0 Å². The number of ether oxygens (including phenoxy) is 1. The highest BCUT2D eigenvalue weighted by Gasteiger charge is 2.34. The summed E-state index contributed by atoms with van der Waals surface area (Å²) < 4.78 is 4.78. The van der Waals surface area contributed by atoms with Crippen LogP contribution in [0.3, 0.4) is 0 Å². The summed E-state index contributed by atoms with van der Waals surface area (Å²) in [6.45, 7) is 3.76. The van der Waals surface area contributed by atoms with Crippen LogP contribution in [-0.4, -0.2) is 44.7 Å². The minimum atomic E-state index is -0.746. The molecule has 0 aromatic carbocycles. The smallest absolute Gasteiger partial charge is 0.325 e. The summed E-state index contributed by atoms with van der Waals surface area (Å²) >= 11 is 0. The fourth-order valence-electron chi connectivity index (χ4n) is 2.07. The molecule has 0 saturated heterocycles. The minimum absolute atomic E-state index is 0.145. The van der Waals surface area contributed by atoms with Crippen molar-refractivity contribution in [3.63, 3.8) is 0 Å². The zero-order valence-corrected chi connectivity index (χ0v) is 11.9. The minimum Gasteiger partial charge on any atom is -0.468 e. The number of hydrogen-bond acceptors (Lipinski definition) is 5. The summed E-state index contributed by atoms with van der Waals surface area (Å²) in [6.07, 6.45) is 1.15. The van der Waals surface area contributed by atoms with E-state index in [0.29, 0.717) is 12.8 Å². The third-order valence-electron chi connectivity index (χ3n) is 3.27. The molecule has 0 bridgehead atoms. The first-order chi connectivity index (χ1) is 8.30. The Bertz CT molecular complexity index is 296. The Labute approximate surface area is 109 Å². The van der Waals surface area contributed by atoms with Crippen molar-refractivity contribution in [1.82, 2.24) is 10.6 Å². The van der Waals surface area contributed by atoms with E-state index in [2.05, 4.69) is 10.6 Å². The molecule has 0 heterocycles. The molecule has 0 aromatic heterocycles. The molecule has 0 aliphatic heterocycles. The molecule has 0 rings (SSSR count). The van der Waals surface area contributed by atoms with Gasteiger partial charge in [-0.25, -0.2) is 0 Å². The Morgan fingerprint density at radius 2 is 1.94 bits per heavy atom. The third kappa shape index (κ3) is 4.62. The molecule has 0 fully saturated rings. The molecule has 0 aliphatic carbocycles. The third-order valence-corrected chi connectivity index (χ3v) is 3.27. The zero-order valence-electron chi connectivity index (χ0n) is 11.9. The molecule has 3 atom stereocenters. The van der Waals surface area contributed by atoms with Gasteiger partial charge in [-0.1, -0.05) is 6.92 Å². The number of methoxy groups -OCH3 is 1. The predicted octanol–water partition coefficient (Wildman–Crippen LogP) is -0.373. The van der Waals surface area contributed by atoms with E-state index in [-0.39, 0.29) is 23.8 Å². The first-order valence-electron chi connectivity index (χ1n) is 6.04. The van der Waals surface area contributed by atoms with Crippen LogP contribution in [0.4, 0.5) is 0 Å². The molecule has 18 heavy (non-hydrogen) atoms. The Kier molecular flexibility index (Phi) is 6.86. The van der Waals surface area contributed by atoms with E-state index < -0.39 is 5.54 Å². The maximum atomic E-state index is 11.7. The van der Waals surface area contributed by atoms with Crippen molar-refractivity contribution in [2.45, 2.75) is 38.3 Å². The molecular formula is C12H25N3O3. The highest BCUT2D eigenvalue weighted by atomic mass is 16.5. The van der Waals surface area contributed by atoms with Gasteiger partial charge in [-0.3, -0.25) is 9.59 Å². The van der Waals surface area contributed by atoms with E-state index in [0.717, 1.165) is 0 Å². The Morgan fingerprint density at radius 1 is 1.39 bits per heavy atom. The number of nitrogens with one attached hydrogen (secondary N) is 2. The number of hydrogen-bond donors (Lipinski definition) is 3. The van der Waals surface area contributed by atoms with Crippen LogP contribution in [-0.2, 0) is 14.3 Å². The fraction of sp³-hybridized carbons (Fsp3) is 0.833. The molecule has 0 saturated carbocycles. The zero-order chi connectivity index (χ0) is 14.3. The summed E-state index contributed by atoms with van der Waals surface area (Å²) in [6, 6.07) is -0.376. The second-order valence-electron chi connectivity index (χ2n) is 4.86. The predicted molar refractivity (Wildman–Crippen MR) is 69.9 cm³/mol. The monoisotopic (exact) mass is 259 g/mol. The van der Waals surface area contributed by atoms with Crippen LogP contribution in [0, 0.1) is 5.92 Å². The molecule has 4 N–H and O–H groups in total. The van der Waals surface area contributed by atoms with Gasteiger partial charge in [-0.2, -0.15) is 0 Å². The molecule has 106 valence electrons. The number of amides is 1. The standard InChI is InChI=1S/C12H25N3O3/c1-8(6-9(14-3)10(13)16)7-12(2,15-4)11(17)18-5/h8-9,14-15H,6-7H2,1-5H3,(H2,13,16). The second kappa shape index (κ2) is 7.33. The number of nitrogens with two attached hydrogens (primary N) is 1. The van der Waals surface area contributed by atoms with Crippen LogP contribution in [0.15, 0.2) is 0 Å². The molecule has 0 spiro atoms. The lowest BCUT2D eigenvalue weighted by Crippen LogP contribution is -2.50. The topological polar surface area (TPSA) is 93.4 Å². The van der Waals surface area contributed by atoms with Crippen LogP contribution < -0.4 is 16.4 Å². The summed E-state index contributed by atoms with van der Waals surface area (Å²) in [5, 5.41) is 5.84. The summed E-state index contributed by atoms with van der Waals surface area (Å²) in [5.41, 5.74) is 4.52. The summed E-state index contributed by atoms with van der Waals surface area (Å²) in [4.78, 5) is 22.8. The fourth-order valence-corrected chi connectivity index (χ4v) is 2.07. The van der Waals surface area contributed by atoms with E-state index in [4.69, 9.17) is 10.5 Å². The van der Waals surface area contributed by atoms with Gasteiger partial charge in [0.15, 0.2) is 0 Å². The lowest BCUT2D eigenvalue weighted by molar-refractivity contribution is -0.148. The van der Waals surface area contributed by atoms with Crippen molar-refractivity contribution in [2.75, 3.05) is 21.2 Å². The van der Waals surface area contributed by atoms with Crippen molar-refractivity contribution in [1.29, 1.82) is 0 Å². The molecule has 0 aromatic rings. The average Bonchev–Trinajstić information content (AvgIpc) is 2.34. The first-order valence-corrected chi connectivity index (χ1v) is 6.04. The number of carbonyl (C=O) groups excluding carboxylic acids is 2. The second-order valence-corrected chi connectivity index (χ2v) is 4.86.